The standard InChI is InChI=1S/C8H11N3OS/c12-8-10-2-5-11(8)4-1-7-9-3-6-13-7/h3,6H,1-2,4-5H2,(H,10,12). The number of carbonyl (C=O) groups excluding carboxylic acids is 1. The van der Waals surface area contributed by atoms with Crippen LogP contribution in [-0.2, 0) is 6.42 Å². The van der Waals surface area contributed by atoms with Crippen LogP contribution in [0.4, 0.5) is 4.79 Å². The summed E-state index contributed by atoms with van der Waals surface area (Å²) >= 11 is 1.64. The SMILES string of the molecule is O=C1NCCN1CCc1nccs1. The van der Waals surface area contributed by atoms with Crippen LogP contribution >= 0.6 is 11.3 Å². The molecule has 0 atom stereocenters. The molecule has 1 aliphatic heterocycles. The van der Waals surface area contributed by atoms with E-state index in [0.29, 0.717) is 0 Å². The zero-order chi connectivity index (χ0) is 9.10. The molecule has 4 nitrogen and oxygen atoms in total. The van der Waals surface area contributed by atoms with Crippen LogP contribution in [0, 0.1) is 0 Å². The Hall–Kier alpha value is -1.10. The molecular weight excluding hydrogens is 186 g/mol. The van der Waals surface area contributed by atoms with Crippen molar-refractivity contribution in [3.63, 3.8) is 0 Å². The van der Waals surface area contributed by atoms with Gasteiger partial charge in [0, 0.05) is 37.6 Å². The molecule has 1 N–H and O–H groups in total. The Morgan fingerprint density at radius 3 is 3.23 bits per heavy atom. The molecule has 0 bridgehead atoms. The van der Waals surface area contributed by atoms with E-state index < -0.39 is 0 Å². The summed E-state index contributed by atoms with van der Waals surface area (Å²) in [5, 5.41) is 5.82. The third-order valence-electron chi connectivity index (χ3n) is 2.02. The molecule has 1 aromatic rings. The van der Waals surface area contributed by atoms with Crippen molar-refractivity contribution in [1.29, 1.82) is 0 Å². The molecule has 2 heterocycles. The van der Waals surface area contributed by atoms with Crippen LogP contribution < -0.4 is 5.32 Å². The fourth-order valence-corrected chi connectivity index (χ4v) is 1.94. The second kappa shape index (κ2) is 3.74. The first-order valence-corrected chi connectivity index (χ1v) is 5.15. The topological polar surface area (TPSA) is 45.2 Å². The molecule has 2 rings (SSSR count). The van der Waals surface area contributed by atoms with E-state index in [1.807, 2.05) is 10.3 Å². The summed E-state index contributed by atoms with van der Waals surface area (Å²) in [4.78, 5) is 17.1. The van der Waals surface area contributed by atoms with Crippen molar-refractivity contribution < 1.29 is 4.79 Å². The first-order chi connectivity index (χ1) is 6.36. The Balaban J connectivity index is 1.82. The fourth-order valence-electron chi connectivity index (χ4n) is 1.33. The van der Waals surface area contributed by atoms with Gasteiger partial charge in [-0.2, -0.15) is 0 Å². The minimum absolute atomic E-state index is 0.0524. The van der Waals surface area contributed by atoms with Gasteiger partial charge in [0.15, 0.2) is 0 Å². The van der Waals surface area contributed by atoms with E-state index in [1.54, 1.807) is 17.5 Å². The highest BCUT2D eigenvalue weighted by atomic mass is 32.1. The number of hydrogen-bond acceptors (Lipinski definition) is 3. The molecule has 0 saturated carbocycles. The molecule has 0 aliphatic carbocycles. The predicted octanol–water partition coefficient (Wildman–Crippen LogP) is 0.711. The van der Waals surface area contributed by atoms with Crippen LogP contribution in [0.15, 0.2) is 11.6 Å². The maximum absolute atomic E-state index is 11.1. The minimum atomic E-state index is 0.0524. The Bertz CT molecular complexity index is 286. The van der Waals surface area contributed by atoms with Crippen LogP contribution in [0.2, 0.25) is 0 Å². The summed E-state index contributed by atoms with van der Waals surface area (Å²) in [7, 11) is 0. The highest BCUT2D eigenvalue weighted by molar-refractivity contribution is 7.09. The average Bonchev–Trinajstić information content (AvgIpc) is 2.72. The van der Waals surface area contributed by atoms with Gasteiger partial charge in [-0.25, -0.2) is 9.78 Å². The van der Waals surface area contributed by atoms with E-state index in [2.05, 4.69) is 10.3 Å². The lowest BCUT2D eigenvalue weighted by atomic mass is 10.4. The van der Waals surface area contributed by atoms with Crippen LogP contribution in [0.3, 0.4) is 0 Å². The first-order valence-electron chi connectivity index (χ1n) is 4.27. The largest absolute Gasteiger partial charge is 0.336 e. The van der Waals surface area contributed by atoms with Crippen molar-refractivity contribution in [3.05, 3.63) is 16.6 Å². The van der Waals surface area contributed by atoms with Crippen LogP contribution in [0.1, 0.15) is 5.01 Å². The van der Waals surface area contributed by atoms with Gasteiger partial charge < -0.3 is 10.2 Å². The summed E-state index contributed by atoms with van der Waals surface area (Å²) in [6, 6.07) is 0.0524. The van der Waals surface area contributed by atoms with E-state index in [4.69, 9.17) is 0 Å². The fraction of sp³-hybridized carbons (Fsp3) is 0.500. The van der Waals surface area contributed by atoms with Crippen LogP contribution in [0.5, 0.6) is 0 Å². The van der Waals surface area contributed by atoms with Crippen molar-refractivity contribution in [2.75, 3.05) is 19.6 Å². The summed E-state index contributed by atoms with van der Waals surface area (Å²) in [6.45, 7) is 2.38. The molecule has 5 heteroatoms. The number of hydrogen-bond donors (Lipinski definition) is 1. The van der Waals surface area contributed by atoms with Gasteiger partial charge in [-0.1, -0.05) is 0 Å². The zero-order valence-corrected chi connectivity index (χ0v) is 8.01. The van der Waals surface area contributed by atoms with Gasteiger partial charge in [0.25, 0.3) is 0 Å². The Kier molecular flexibility index (Phi) is 2.44. The smallest absolute Gasteiger partial charge is 0.317 e. The highest BCUT2D eigenvalue weighted by Gasteiger charge is 2.18. The lowest BCUT2D eigenvalue weighted by Gasteiger charge is -2.11. The maximum Gasteiger partial charge on any atom is 0.317 e. The molecule has 0 unspecified atom stereocenters. The first kappa shape index (κ1) is 8.50. The lowest BCUT2D eigenvalue weighted by molar-refractivity contribution is 0.218. The molecule has 1 aliphatic rings. The number of carbonyl (C=O) groups is 1. The van der Waals surface area contributed by atoms with E-state index in [-0.39, 0.29) is 6.03 Å². The van der Waals surface area contributed by atoms with E-state index in [9.17, 15) is 4.79 Å². The number of nitrogens with one attached hydrogen (secondary N) is 1. The molecule has 0 aromatic carbocycles. The minimum Gasteiger partial charge on any atom is -0.336 e. The summed E-state index contributed by atoms with van der Waals surface area (Å²) in [6.07, 6.45) is 2.66. The van der Waals surface area contributed by atoms with Gasteiger partial charge in [0.2, 0.25) is 0 Å². The lowest BCUT2D eigenvalue weighted by Crippen LogP contribution is -2.29. The number of nitrogens with zero attached hydrogens (tertiary/aromatic N) is 2. The van der Waals surface area contributed by atoms with Crippen LogP contribution in [0.25, 0.3) is 0 Å². The Labute approximate surface area is 80.6 Å². The van der Waals surface area contributed by atoms with E-state index >= 15 is 0 Å². The third kappa shape index (κ3) is 1.98. The van der Waals surface area contributed by atoms with Gasteiger partial charge in [-0.15, -0.1) is 11.3 Å². The van der Waals surface area contributed by atoms with Crippen LogP contribution in [-0.4, -0.2) is 35.5 Å². The molecule has 1 aromatic heterocycles. The highest BCUT2D eigenvalue weighted by Crippen LogP contribution is 2.06. The van der Waals surface area contributed by atoms with Gasteiger partial charge in [-0.3, -0.25) is 0 Å². The summed E-state index contributed by atoms with van der Waals surface area (Å²) in [5.41, 5.74) is 0. The zero-order valence-electron chi connectivity index (χ0n) is 7.19. The molecule has 1 saturated heterocycles. The third-order valence-corrected chi connectivity index (χ3v) is 2.86. The van der Waals surface area contributed by atoms with E-state index in [0.717, 1.165) is 31.1 Å². The van der Waals surface area contributed by atoms with Gasteiger partial charge in [0.05, 0.1) is 5.01 Å². The van der Waals surface area contributed by atoms with E-state index in [1.165, 1.54) is 0 Å². The molecule has 13 heavy (non-hydrogen) atoms. The van der Waals surface area contributed by atoms with Gasteiger partial charge in [-0.05, 0) is 0 Å². The monoisotopic (exact) mass is 197 g/mol. The molecule has 70 valence electrons. The van der Waals surface area contributed by atoms with Crippen molar-refractivity contribution in [3.8, 4) is 0 Å². The second-order valence-electron chi connectivity index (χ2n) is 2.89. The number of rotatable bonds is 3. The quantitative estimate of drug-likeness (QED) is 0.775. The molecule has 1 fully saturated rings. The van der Waals surface area contributed by atoms with Crippen molar-refractivity contribution in [2.24, 2.45) is 0 Å². The van der Waals surface area contributed by atoms with Crippen molar-refractivity contribution >= 4 is 17.4 Å². The molecule has 0 spiro atoms. The summed E-state index contributed by atoms with van der Waals surface area (Å²) in [5.74, 6) is 0. The van der Waals surface area contributed by atoms with Gasteiger partial charge in [0.1, 0.15) is 0 Å². The van der Waals surface area contributed by atoms with Crippen molar-refractivity contribution in [1.82, 2.24) is 15.2 Å². The molecule has 0 radical (unpaired) electrons. The number of thiazole rings is 1. The summed E-state index contributed by atoms with van der Waals surface area (Å²) < 4.78 is 0. The Morgan fingerprint density at radius 1 is 1.69 bits per heavy atom. The molecular formula is C8H11N3OS. The number of aromatic nitrogens is 1. The maximum atomic E-state index is 11.1. The predicted molar refractivity (Wildman–Crippen MR) is 50.8 cm³/mol. The molecule has 2 amide bonds. The second-order valence-corrected chi connectivity index (χ2v) is 3.87. The van der Waals surface area contributed by atoms with Gasteiger partial charge >= 0.3 is 6.03 Å². The van der Waals surface area contributed by atoms with Crippen molar-refractivity contribution in [2.45, 2.75) is 6.42 Å². The normalized spacial score (nSPS) is 16.3. The Morgan fingerprint density at radius 2 is 2.62 bits per heavy atom. The number of urea groups is 1. The average molecular weight is 197 g/mol. The number of amides is 2.